The largest absolute Gasteiger partial charge is 0.627 e. The molecule has 1 amide bonds. The number of fused-ring (bicyclic) bond motifs is 2. The second kappa shape index (κ2) is 6.21. The molecule has 0 radical (unpaired) electrons. The first-order valence-electron chi connectivity index (χ1n) is 8.70. The third kappa shape index (κ3) is 2.57. The lowest BCUT2D eigenvalue weighted by Crippen LogP contribution is -2.54. The van der Waals surface area contributed by atoms with Gasteiger partial charge >= 0.3 is 0 Å². The number of primary amides is 1. The van der Waals surface area contributed by atoms with Crippen molar-refractivity contribution < 1.29 is 4.79 Å². The molecule has 5 nitrogen and oxygen atoms in total. The Morgan fingerprint density at radius 3 is 2.65 bits per heavy atom. The lowest BCUT2D eigenvalue weighted by atomic mass is 10.0. The highest BCUT2D eigenvalue weighted by Gasteiger charge is 2.44. The van der Waals surface area contributed by atoms with Crippen molar-refractivity contribution >= 4 is 22.4 Å². The molecule has 1 aliphatic rings. The van der Waals surface area contributed by atoms with Crippen LogP contribution in [-0.4, -0.2) is 11.9 Å². The molecule has 4 N–H and O–H groups in total. The van der Waals surface area contributed by atoms with E-state index in [1.807, 2.05) is 60.7 Å². The Labute approximate surface area is 152 Å². The number of carbonyl (C=O) groups is 1. The van der Waals surface area contributed by atoms with Gasteiger partial charge in [0.25, 0.3) is 5.91 Å². The van der Waals surface area contributed by atoms with Gasteiger partial charge in [-0.15, -0.1) is 0 Å². The summed E-state index contributed by atoms with van der Waals surface area (Å²) in [4.78, 5) is 12.1. The molecule has 0 aromatic heterocycles. The van der Waals surface area contributed by atoms with Gasteiger partial charge in [0, 0.05) is 30.2 Å². The molecule has 1 aliphatic heterocycles. The molecule has 0 spiro atoms. The van der Waals surface area contributed by atoms with Gasteiger partial charge in [0.2, 0.25) is 0 Å². The molecule has 2 unspecified atom stereocenters. The molecule has 0 bridgehead atoms. The van der Waals surface area contributed by atoms with Crippen molar-refractivity contribution in [3.8, 4) is 0 Å². The standard InChI is InChI=1S/C21H21N3O2/c22-12-14-8-9-16-11-20(21(23)25)24(26,19(16)10-14)13-17-6-3-5-15-4-1-2-7-18(15)17/h1-10,20H,11-13,22H2,(H2,23,25). The quantitative estimate of drug-likeness (QED) is 0.561. The third-order valence-electron chi connectivity index (χ3n) is 5.32. The summed E-state index contributed by atoms with van der Waals surface area (Å²) in [5.41, 5.74) is 14.6. The average Bonchev–Trinajstić information content (AvgIpc) is 2.94. The average molecular weight is 347 g/mol. The van der Waals surface area contributed by atoms with Gasteiger partial charge in [-0.05, 0) is 16.3 Å². The SMILES string of the molecule is NCc1ccc2c(c1)[N+]([O-])(Cc1cccc3ccccc13)C(C(N)=O)C2. The van der Waals surface area contributed by atoms with Crippen molar-refractivity contribution in [2.75, 3.05) is 0 Å². The van der Waals surface area contributed by atoms with Gasteiger partial charge in [0.15, 0.2) is 6.04 Å². The minimum absolute atomic E-state index is 0.163. The van der Waals surface area contributed by atoms with Gasteiger partial charge < -0.3 is 21.3 Å². The minimum atomic E-state index is -0.822. The van der Waals surface area contributed by atoms with E-state index in [1.165, 1.54) is 0 Å². The van der Waals surface area contributed by atoms with Crippen LogP contribution in [-0.2, 0) is 24.3 Å². The van der Waals surface area contributed by atoms with Gasteiger partial charge in [0.1, 0.15) is 12.2 Å². The van der Waals surface area contributed by atoms with E-state index in [9.17, 15) is 10.0 Å². The molecular weight excluding hydrogens is 326 g/mol. The van der Waals surface area contributed by atoms with Crippen molar-refractivity contribution in [3.63, 3.8) is 0 Å². The van der Waals surface area contributed by atoms with Gasteiger partial charge in [0.05, 0.1) is 0 Å². The first-order valence-corrected chi connectivity index (χ1v) is 8.70. The normalized spacial score (nSPS) is 21.7. The Hall–Kier alpha value is -2.73. The van der Waals surface area contributed by atoms with Crippen LogP contribution < -0.4 is 16.1 Å². The molecule has 0 fully saturated rings. The number of hydroxylamine groups is 2. The second-order valence-corrected chi connectivity index (χ2v) is 6.88. The van der Waals surface area contributed by atoms with Gasteiger partial charge in [-0.2, -0.15) is 0 Å². The Balaban J connectivity index is 1.86. The van der Waals surface area contributed by atoms with Crippen LogP contribution in [0.1, 0.15) is 16.7 Å². The maximum Gasteiger partial charge on any atom is 0.276 e. The highest BCUT2D eigenvalue weighted by Crippen LogP contribution is 2.41. The zero-order valence-corrected chi connectivity index (χ0v) is 14.4. The minimum Gasteiger partial charge on any atom is -0.627 e. The summed E-state index contributed by atoms with van der Waals surface area (Å²) in [6.45, 7) is 0.513. The molecule has 26 heavy (non-hydrogen) atoms. The van der Waals surface area contributed by atoms with E-state index in [1.54, 1.807) is 0 Å². The highest BCUT2D eigenvalue weighted by molar-refractivity contribution is 5.88. The zero-order chi connectivity index (χ0) is 18.3. The number of quaternary nitrogens is 1. The van der Waals surface area contributed by atoms with Crippen LogP contribution in [0.2, 0.25) is 0 Å². The van der Waals surface area contributed by atoms with E-state index < -0.39 is 16.6 Å². The van der Waals surface area contributed by atoms with Crippen molar-refractivity contribution in [3.05, 3.63) is 82.6 Å². The van der Waals surface area contributed by atoms with Gasteiger partial charge in [-0.1, -0.05) is 54.6 Å². The summed E-state index contributed by atoms with van der Waals surface area (Å²) in [6.07, 6.45) is 0.365. The molecule has 5 heteroatoms. The molecule has 4 rings (SSSR count). The fourth-order valence-corrected chi connectivity index (χ4v) is 3.97. The highest BCUT2D eigenvalue weighted by atomic mass is 16.6. The summed E-state index contributed by atoms with van der Waals surface area (Å²) in [5.74, 6) is -0.564. The van der Waals surface area contributed by atoms with Crippen molar-refractivity contribution in [2.45, 2.75) is 25.6 Å². The Kier molecular flexibility index (Phi) is 4.00. The molecule has 0 saturated carbocycles. The number of nitrogens with zero attached hydrogens (tertiary/aromatic N) is 1. The van der Waals surface area contributed by atoms with E-state index in [0.717, 1.165) is 27.5 Å². The molecule has 0 aliphatic carbocycles. The van der Waals surface area contributed by atoms with E-state index in [4.69, 9.17) is 11.5 Å². The maximum atomic E-state index is 14.0. The van der Waals surface area contributed by atoms with E-state index in [2.05, 4.69) is 0 Å². The summed E-state index contributed by atoms with van der Waals surface area (Å²) < 4.78 is -0.757. The number of hydrogen-bond donors (Lipinski definition) is 2. The third-order valence-corrected chi connectivity index (χ3v) is 5.32. The summed E-state index contributed by atoms with van der Waals surface area (Å²) >= 11 is 0. The second-order valence-electron chi connectivity index (χ2n) is 6.88. The Morgan fingerprint density at radius 1 is 1.12 bits per heavy atom. The lowest BCUT2D eigenvalue weighted by Gasteiger charge is -2.43. The predicted octanol–water partition coefficient (Wildman–Crippen LogP) is 2.71. The van der Waals surface area contributed by atoms with Crippen LogP contribution in [0.4, 0.5) is 5.69 Å². The fourth-order valence-electron chi connectivity index (χ4n) is 3.97. The number of amides is 1. The zero-order valence-electron chi connectivity index (χ0n) is 14.4. The van der Waals surface area contributed by atoms with Crippen molar-refractivity contribution in [2.24, 2.45) is 11.5 Å². The van der Waals surface area contributed by atoms with Gasteiger partial charge in [-0.25, -0.2) is 0 Å². The first-order chi connectivity index (χ1) is 12.5. The number of carbonyl (C=O) groups excluding carboxylic acids is 1. The van der Waals surface area contributed by atoms with Crippen molar-refractivity contribution in [1.82, 2.24) is 4.65 Å². The number of benzene rings is 3. The monoisotopic (exact) mass is 347 g/mol. The van der Waals surface area contributed by atoms with Crippen molar-refractivity contribution in [1.29, 1.82) is 0 Å². The number of rotatable bonds is 4. The molecular formula is C21H21N3O2. The van der Waals surface area contributed by atoms with Gasteiger partial charge in [-0.3, -0.25) is 4.79 Å². The van der Waals surface area contributed by atoms with Crippen LogP contribution in [0.25, 0.3) is 10.8 Å². The molecule has 2 atom stereocenters. The number of hydrogen-bond acceptors (Lipinski definition) is 3. The smallest absolute Gasteiger partial charge is 0.276 e. The van der Waals surface area contributed by atoms with Crippen LogP contribution in [0.3, 0.4) is 0 Å². The summed E-state index contributed by atoms with van der Waals surface area (Å²) in [7, 11) is 0. The van der Waals surface area contributed by atoms with Crippen LogP contribution in [0.15, 0.2) is 60.7 Å². The molecule has 0 saturated heterocycles. The summed E-state index contributed by atoms with van der Waals surface area (Å²) in [5, 5.41) is 16.1. The van der Waals surface area contributed by atoms with E-state index in [-0.39, 0.29) is 6.54 Å². The predicted molar refractivity (Wildman–Crippen MR) is 104 cm³/mol. The first kappa shape index (κ1) is 16.7. The summed E-state index contributed by atoms with van der Waals surface area (Å²) in [6, 6.07) is 18.7. The van der Waals surface area contributed by atoms with E-state index >= 15 is 0 Å². The molecule has 1 heterocycles. The van der Waals surface area contributed by atoms with Crippen LogP contribution >= 0.6 is 0 Å². The Morgan fingerprint density at radius 2 is 1.88 bits per heavy atom. The number of nitrogens with two attached hydrogens (primary N) is 2. The molecule has 3 aromatic carbocycles. The van der Waals surface area contributed by atoms with E-state index in [0.29, 0.717) is 18.7 Å². The molecule has 132 valence electrons. The fraction of sp³-hybridized carbons (Fsp3) is 0.190. The molecule has 3 aromatic rings. The maximum absolute atomic E-state index is 14.0. The van der Waals surface area contributed by atoms with Crippen LogP contribution in [0, 0.1) is 5.21 Å². The lowest BCUT2D eigenvalue weighted by molar-refractivity contribution is -0.121. The Bertz CT molecular complexity index is 996. The van der Waals surface area contributed by atoms with Crippen LogP contribution in [0.5, 0.6) is 0 Å². The topological polar surface area (TPSA) is 92.2 Å².